The number of nitrogens with zero attached hydrogens (tertiary/aromatic N) is 8. The van der Waals surface area contributed by atoms with E-state index in [1.54, 1.807) is 4.52 Å². The number of hydrogen-bond donors (Lipinski definition) is 0. The minimum atomic E-state index is -4.46. The lowest BCUT2D eigenvalue weighted by molar-refractivity contribution is -0.141. The van der Waals surface area contributed by atoms with Crippen molar-refractivity contribution in [2.24, 2.45) is 11.8 Å². The van der Waals surface area contributed by atoms with E-state index in [2.05, 4.69) is 30.2 Å². The van der Waals surface area contributed by atoms with Gasteiger partial charge in [-0.05, 0) is 19.1 Å². The maximum absolute atomic E-state index is 12.9. The van der Waals surface area contributed by atoms with Crippen LogP contribution in [0.15, 0.2) is 24.5 Å². The summed E-state index contributed by atoms with van der Waals surface area (Å²) in [4.78, 5) is 11.5. The Bertz CT molecular complexity index is 1020. The summed E-state index contributed by atoms with van der Waals surface area (Å²) in [5.74, 6) is 2.62. The smallest absolute Gasteiger partial charge is 0.356 e. The quantitative estimate of drug-likeness (QED) is 0.661. The number of halogens is 3. The summed E-state index contributed by atoms with van der Waals surface area (Å²) in [7, 11) is 0. The molecular weight excluding hydrogens is 373 g/mol. The Morgan fingerprint density at radius 3 is 2.29 bits per heavy atom. The zero-order valence-electron chi connectivity index (χ0n) is 15.0. The van der Waals surface area contributed by atoms with Crippen LogP contribution >= 0.6 is 0 Å². The van der Waals surface area contributed by atoms with E-state index in [0.717, 1.165) is 37.1 Å². The van der Waals surface area contributed by atoms with Gasteiger partial charge in [0.2, 0.25) is 0 Å². The molecular formula is C17H17F3N8. The summed E-state index contributed by atoms with van der Waals surface area (Å²) >= 11 is 0. The number of anilines is 2. The highest BCUT2D eigenvalue weighted by Crippen LogP contribution is 2.36. The highest BCUT2D eigenvalue weighted by atomic mass is 19.4. The number of alkyl halides is 3. The molecule has 0 bridgehead atoms. The van der Waals surface area contributed by atoms with Crippen molar-refractivity contribution in [3.8, 4) is 0 Å². The van der Waals surface area contributed by atoms with E-state index >= 15 is 0 Å². The van der Waals surface area contributed by atoms with E-state index in [1.165, 1.54) is 0 Å². The molecule has 2 aliphatic rings. The van der Waals surface area contributed by atoms with Crippen LogP contribution in [-0.4, -0.2) is 56.0 Å². The predicted octanol–water partition coefficient (Wildman–Crippen LogP) is 1.81. The molecule has 2 fully saturated rings. The lowest BCUT2D eigenvalue weighted by Gasteiger charge is -2.23. The number of hydrogen-bond acceptors (Lipinski definition) is 7. The molecule has 3 aromatic rings. The van der Waals surface area contributed by atoms with Crippen molar-refractivity contribution in [3.05, 3.63) is 36.0 Å². The van der Waals surface area contributed by atoms with Crippen molar-refractivity contribution in [2.75, 3.05) is 36.0 Å². The first-order valence-electron chi connectivity index (χ1n) is 8.97. The second-order valence-corrected chi connectivity index (χ2v) is 7.30. The Hall–Kier alpha value is -2.98. The molecule has 0 aromatic carbocycles. The van der Waals surface area contributed by atoms with Gasteiger partial charge < -0.3 is 9.80 Å². The summed E-state index contributed by atoms with van der Waals surface area (Å²) in [6, 6.07) is 4.85. The van der Waals surface area contributed by atoms with Gasteiger partial charge in [-0.25, -0.2) is 9.97 Å². The van der Waals surface area contributed by atoms with Crippen LogP contribution in [0.4, 0.5) is 24.8 Å². The zero-order valence-corrected chi connectivity index (χ0v) is 15.0. The molecule has 146 valence electrons. The Labute approximate surface area is 158 Å². The van der Waals surface area contributed by atoms with Crippen molar-refractivity contribution in [3.63, 3.8) is 0 Å². The molecule has 2 unspecified atom stereocenters. The monoisotopic (exact) mass is 390 g/mol. The third-order valence-corrected chi connectivity index (χ3v) is 5.48. The molecule has 11 heteroatoms. The van der Waals surface area contributed by atoms with Gasteiger partial charge in [-0.2, -0.15) is 17.7 Å². The molecule has 2 saturated heterocycles. The van der Waals surface area contributed by atoms with E-state index in [4.69, 9.17) is 0 Å². The van der Waals surface area contributed by atoms with Gasteiger partial charge in [-0.3, -0.25) is 0 Å². The normalized spacial score (nSPS) is 22.3. The standard InChI is InChI=1S/C17H17F3N8/c1-10-23-24-14-2-3-15(25-28(10)14)26-5-11-7-27(8-12(11)6-26)16-4-13(17(18,19)20)21-9-22-16/h2-4,9,11-12H,5-8H2,1H3. The van der Waals surface area contributed by atoms with Crippen molar-refractivity contribution < 1.29 is 13.2 Å². The van der Waals surface area contributed by atoms with Crippen molar-refractivity contribution in [2.45, 2.75) is 13.1 Å². The summed E-state index contributed by atoms with van der Waals surface area (Å²) in [5.41, 5.74) is -0.200. The summed E-state index contributed by atoms with van der Waals surface area (Å²) in [5, 5.41) is 12.7. The number of aromatic nitrogens is 6. The number of fused-ring (bicyclic) bond motifs is 2. The first-order chi connectivity index (χ1) is 13.4. The van der Waals surface area contributed by atoms with Crippen LogP contribution < -0.4 is 9.80 Å². The second kappa shape index (κ2) is 6.01. The van der Waals surface area contributed by atoms with Gasteiger partial charge in [-0.1, -0.05) is 0 Å². The Kier molecular flexibility index (Phi) is 3.68. The van der Waals surface area contributed by atoms with Crippen molar-refractivity contribution in [1.29, 1.82) is 0 Å². The first-order valence-corrected chi connectivity index (χ1v) is 8.97. The van der Waals surface area contributed by atoms with Crippen LogP contribution in [0, 0.1) is 18.8 Å². The maximum atomic E-state index is 12.9. The van der Waals surface area contributed by atoms with E-state index in [1.807, 2.05) is 24.0 Å². The first kappa shape index (κ1) is 17.1. The Morgan fingerprint density at radius 2 is 1.61 bits per heavy atom. The summed E-state index contributed by atoms with van der Waals surface area (Å²) in [6.07, 6.45) is -3.48. The fraction of sp³-hybridized carbons (Fsp3) is 0.471. The Morgan fingerprint density at radius 1 is 0.929 bits per heavy atom. The second-order valence-electron chi connectivity index (χ2n) is 7.30. The average Bonchev–Trinajstić information content (AvgIpc) is 3.34. The highest BCUT2D eigenvalue weighted by Gasteiger charge is 2.41. The molecule has 2 atom stereocenters. The zero-order chi connectivity index (χ0) is 19.5. The van der Waals surface area contributed by atoms with Crippen molar-refractivity contribution >= 4 is 17.3 Å². The topological polar surface area (TPSA) is 75.3 Å². The Balaban J connectivity index is 1.31. The fourth-order valence-electron chi connectivity index (χ4n) is 4.10. The predicted molar refractivity (Wildman–Crippen MR) is 94.0 cm³/mol. The lowest BCUT2D eigenvalue weighted by Crippen LogP contribution is -2.30. The van der Waals surface area contributed by atoms with Crippen LogP contribution in [0.2, 0.25) is 0 Å². The molecule has 0 aliphatic carbocycles. The van der Waals surface area contributed by atoms with Gasteiger partial charge in [0, 0.05) is 44.1 Å². The minimum Gasteiger partial charge on any atom is -0.356 e. The molecule has 0 amide bonds. The largest absolute Gasteiger partial charge is 0.433 e. The van der Waals surface area contributed by atoms with Crippen LogP contribution in [0.5, 0.6) is 0 Å². The third kappa shape index (κ3) is 2.81. The van der Waals surface area contributed by atoms with Crippen LogP contribution in [0.3, 0.4) is 0 Å². The van der Waals surface area contributed by atoms with Gasteiger partial charge in [0.25, 0.3) is 0 Å². The minimum absolute atomic E-state index is 0.336. The van der Waals surface area contributed by atoms with E-state index in [-0.39, 0.29) is 0 Å². The van der Waals surface area contributed by atoms with Gasteiger partial charge in [0.05, 0.1) is 0 Å². The number of rotatable bonds is 2. The van der Waals surface area contributed by atoms with E-state index < -0.39 is 11.9 Å². The molecule has 0 saturated carbocycles. The van der Waals surface area contributed by atoms with Gasteiger partial charge in [0.15, 0.2) is 11.5 Å². The molecule has 0 spiro atoms. The average molecular weight is 390 g/mol. The molecule has 8 nitrogen and oxygen atoms in total. The lowest BCUT2D eigenvalue weighted by atomic mass is 10.0. The molecule has 3 aromatic heterocycles. The maximum Gasteiger partial charge on any atom is 0.433 e. The molecule has 0 radical (unpaired) electrons. The fourth-order valence-corrected chi connectivity index (χ4v) is 4.10. The summed E-state index contributed by atoms with van der Waals surface area (Å²) in [6.45, 7) is 4.80. The molecule has 5 rings (SSSR count). The molecule has 2 aliphatic heterocycles. The van der Waals surface area contributed by atoms with Gasteiger partial charge >= 0.3 is 6.18 Å². The molecule has 5 heterocycles. The summed E-state index contributed by atoms with van der Waals surface area (Å²) < 4.78 is 40.4. The van der Waals surface area contributed by atoms with Crippen molar-refractivity contribution in [1.82, 2.24) is 29.8 Å². The highest BCUT2D eigenvalue weighted by molar-refractivity contribution is 5.48. The third-order valence-electron chi connectivity index (χ3n) is 5.48. The van der Waals surface area contributed by atoms with E-state index in [9.17, 15) is 13.2 Å². The van der Waals surface area contributed by atoms with Gasteiger partial charge in [-0.15, -0.1) is 15.3 Å². The van der Waals surface area contributed by atoms with E-state index in [0.29, 0.717) is 36.4 Å². The van der Waals surface area contributed by atoms with Crippen LogP contribution in [0.1, 0.15) is 11.5 Å². The molecule has 28 heavy (non-hydrogen) atoms. The molecule has 0 N–H and O–H groups in total. The number of aryl methyl sites for hydroxylation is 1. The SMILES string of the molecule is Cc1nnc2ccc(N3CC4CN(c5cc(C(F)(F)F)ncn5)CC4C3)nn12. The van der Waals surface area contributed by atoms with Crippen LogP contribution in [0.25, 0.3) is 5.65 Å². The van der Waals surface area contributed by atoms with Gasteiger partial charge in [0.1, 0.15) is 23.7 Å². The van der Waals surface area contributed by atoms with Crippen LogP contribution in [-0.2, 0) is 6.18 Å².